The molecule has 1 aliphatic heterocycles. The highest BCUT2D eigenvalue weighted by molar-refractivity contribution is 5.45. The van der Waals surface area contributed by atoms with E-state index in [-0.39, 0.29) is 5.92 Å². The number of hydrogen-bond acceptors (Lipinski definition) is 2. The molecule has 2 atom stereocenters. The van der Waals surface area contributed by atoms with Crippen LogP contribution in [0.3, 0.4) is 0 Å². The van der Waals surface area contributed by atoms with Gasteiger partial charge < -0.3 is 9.84 Å². The van der Waals surface area contributed by atoms with Crippen molar-refractivity contribution in [2.45, 2.75) is 31.8 Å². The number of fused-ring (bicyclic) bond motifs is 2. The third-order valence-electron chi connectivity index (χ3n) is 4.89. The maximum Gasteiger partial charge on any atom is 0.128 e. The van der Waals surface area contributed by atoms with Crippen LogP contribution in [0.1, 0.15) is 34.8 Å². The SMILES string of the molecule is OC(c1cccc2c1OCC2)C1CCc2ccccc2C1. The molecule has 0 radical (unpaired) electrons. The van der Waals surface area contributed by atoms with Crippen molar-refractivity contribution >= 4 is 0 Å². The number of aliphatic hydroxyl groups is 1. The molecule has 1 N–H and O–H groups in total. The molecule has 2 aromatic carbocycles. The van der Waals surface area contributed by atoms with Gasteiger partial charge in [-0.1, -0.05) is 42.5 Å². The summed E-state index contributed by atoms with van der Waals surface area (Å²) in [4.78, 5) is 0. The van der Waals surface area contributed by atoms with Crippen LogP contribution in [0.5, 0.6) is 5.75 Å². The van der Waals surface area contributed by atoms with E-state index in [0.717, 1.165) is 43.6 Å². The van der Waals surface area contributed by atoms with Gasteiger partial charge in [0.25, 0.3) is 0 Å². The predicted molar refractivity (Wildman–Crippen MR) is 82.6 cm³/mol. The zero-order valence-electron chi connectivity index (χ0n) is 12.1. The van der Waals surface area contributed by atoms with Gasteiger partial charge in [-0.05, 0) is 41.9 Å². The van der Waals surface area contributed by atoms with Crippen LogP contribution in [0.4, 0.5) is 0 Å². The Bertz CT molecular complexity index is 662. The van der Waals surface area contributed by atoms with Gasteiger partial charge in [0, 0.05) is 12.0 Å². The fourth-order valence-electron chi connectivity index (χ4n) is 3.72. The Morgan fingerprint density at radius 2 is 1.76 bits per heavy atom. The average Bonchev–Trinajstić information content (AvgIpc) is 3.02. The molecular formula is C19H20O2. The van der Waals surface area contributed by atoms with Gasteiger partial charge in [0.1, 0.15) is 5.75 Å². The van der Waals surface area contributed by atoms with Crippen LogP contribution in [-0.4, -0.2) is 11.7 Å². The highest BCUT2D eigenvalue weighted by Gasteiger charge is 2.29. The van der Waals surface area contributed by atoms with Gasteiger partial charge in [0.2, 0.25) is 0 Å². The van der Waals surface area contributed by atoms with Crippen LogP contribution in [0.25, 0.3) is 0 Å². The summed E-state index contributed by atoms with van der Waals surface area (Å²) in [5.74, 6) is 1.22. The molecule has 0 spiro atoms. The van der Waals surface area contributed by atoms with Crippen molar-refractivity contribution in [1.82, 2.24) is 0 Å². The van der Waals surface area contributed by atoms with Crippen LogP contribution in [0, 0.1) is 5.92 Å². The Balaban J connectivity index is 1.62. The maximum atomic E-state index is 10.9. The minimum Gasteiger partial charge on any atom is -0.493 e. The van der Waals surface area contributed by atoms with Crippen LogP contribution in [0.15, 0.2) is 42.5 Å². The Hall–Kier alpha value is -1.80. The molecule has 2 unspecified atom stereocenters. The third-order valence-corrected chi connectivity index (χ3v) is 4.89. The molecule has 2 aromatic rings. The lowest BCUT2D eigenvalue weighted by molar-refractivity contribution is 0.0966. The lowest BCUT2D eigenvalue weighted by atomic mass is 9.79. The molecule has 0 amide bonds. The molecular weight excluding hydrogens is 260 g/mol. The molecule has 2 heteroatoms. The molecule has 2 nitrogen and oxygen atoms in total. The predicted octanol–water partition coefficient (Wildman–Crippen LogP) is 3.46. The zero-order chi connectivity index (χ0) is 14.2. The van der Waals surface area contributed by atoms with E-state index >= 15 is 0 Å². The lowest BCUT2D eigenvalue weighted by Crippen LogP contribution is -2.21. The Labute approximate surface area is 125 Å². The number of ether oxygens (including phenoxy) is 1. The van der Waals surface area contributed by atoms with Gasteiger partial charge in [-0.2, -0.15) is 0 Å². The fourth-order valence-corrected chi connectivity index (χ4v) is 3.72. The largest absolute Gasteiger partial charge is 0.493 e. The standard InChI is InChI=1S/C19H20O2/c20-18(17-7-3-6-14-10-11-21-19(14)17)16-9-8-13-4-1-2-5-15(13)12-16/h1-7,16,18,20H,8-12H2. The van der Waals surface area contributed by atoms with E-state index in [4.69, 9.17) is 4.74 Å². The second kappa shape index (κ2) is 5.19. The van der Waals surface area contributed by atoms with Crippen LogP contribution in [-0.2, 0) is 19.3 Å². The lowest BCUT2D eigenvalue weighted by Gasteiger charge is -2.29. The van der Waals surface area contributed by atoms with Crippen molar-refractivity contribution in [3.8, 4) is 5.75 Å². The first-order valence-corrected chi connectivity index (χ1v) is 7.82. The van der Waals surface area contributed by atoms with Gasteiger partial charge in [-0.15, -0.1) is 0 Å². The first-order valence-electron chi connectivity index (χ1n) is 7.82. The number of para-hydroxylation sites is 1. The highest BCUT2D eigenvalue weighted by Crippen LogP contribution is 2.40. The average molecular weight is 280 g/mol. The van der Waals surface area contributed by atoms with Gasteiger partial charge in [0.15, 0.2) is 0 Å². The second-order valence-electron chi connectivity index (χ2n) is 6.15. The molecule has 108 valence electrons. The number of rotatable bonds is 2. The molecule has 0 saturated carbocycles. The van der Waals surface area contributed by atoms with E-state index in [1.807, 2.05) is 12.1 Å². The zero-order valence-corrected chi connectivity index (χ0v) is 12.1. The third kappa shape index (κ3) is 2.24. The summed E-state index contributed by atoms with van der Waals surface area (Å²) >= 11 is 0. The summed E-state index contributed by atoms with van der Waals surface area (Å²) in [5, 5.41) is 10.9. The molecule has 4 rings (SSSR count). The van der Waals surface area contributed by atoms with Gasteiger partial charge in [0.05, 0.1) is 12.7 Å². The van der Waals surface area contributed by atoms with Gasteiger partial charge in [-0.3, -0.25) is 0 Å². The Morgan fingerprint density at radius 1 is 0.952 bits per heavy atom. The smallest absolute Gasteiger partial charge is 0.128 e. The summed E-state index contributed by atoms with van der Waals surface area (Å²) in [5.41, 5.74) is 5.05. The Morgan fingerprint density at radius 3 is 2.67 bits per heavy atom. The van der Waals surface area contributed by atoms with Crippen molar-refractivity contribution in [3.63, 3.8) is 0 Å². The molecule has 0 aromatic heterocycles. The van der Waals surface area contributed by atoms with Crippen molar-refractivity contribution < 1.29 is 9.84 Å². The number of benzene rings is 2. The summed E-state index contributed by atoms with van der Waals surface area (Å²) in [7, 11) is 0. The normalized spacial score (nSPS) is 21.3. The highest BCUT2D eigenvalue weighted by atomic mass is 16.5. The van der Waals surface area contributed by atoms with E-state index in [0.29, 0.717) is 0 Å². The molecule has 21 heavy (non-hydrogen) atoms. The summed E-state index contributed by atoms with van der Waals surface area (Å²) in [6, 6.07) is 14.8. The van der Waals surface area contributed by atoms with Crippen LogP contribution >= 0.6 is 0 Å². The van der Waals surface area contributed by atoms with E-state index < -0.39 is 6.10 Å². The molecule has 0 saturated heterocycles. The Kier molecular flexibility index (Phi) is 3.19. The van der Waals surface area contributed by atoms with E-state index in [1.54, 1.807) is 0 Å². The minimum atomic E-state index is -0.425. The van der Waals surface area contributed by atoms with Crippen molar-refractivity contribution in [3.05, 3.63) is 64.7 Å². The van der Waals surface area contributed by atoms with Crippen molar-refractivity contribution in [2.24, 2.45) is 5.92 Å². The van der Waals surface area contributed by atoms with E-state index in [2.05, 4.69) is 30.3 Å². The number of aliphatic hydroxyl groups excluding tert-OH is 1. The van der Waals surface area contributed by atoms with Gasteiger partial charge >= 0.3 is 0 Å². The number of hydrogen-bond donors (Lipinski definition) is 1. The molecule has 2 aliphatic rings. The van der Waals surface area contributed by atoms with E-state index in [1.165, 1.54) is 16.7 Å². The topological polar surface area (TPSA) is 29.5 Å². The van der Waals surface area contributed by atoms with Crippen LogP contribution < -0.4 is 4.74 Å². The second-order valence-corrected chi connectivity index (χ2v) is 6.15. The first kappa shape index (κ1) is 12.9. The summed E-state index contributed by atoms with van der Waals surface area (Å²) in [6.45, 7) is 0.743. The fraction of sp³-hybridized carbons (Fsp3) is 0.368. The minimum absolute atomic E-state index is 0.288. The number of aryl methyl sites for hydroxylation is 1. The monoisotopic (exact) mass is 280 g/mol. The van der Waals surface area contributed by atoms with Crippen molar-refractivity contribution in [2.75, 3.05) is 6.61 Å². The van der Waals surface area contributed by atoms with Crippen molar-refractivity contribution in [1.29, 1.82) is 0 Å². The molecule has 1 aliphatic carbocycles. The van der Waals surface area contributed by atoms with E-state index in [9.17, 15) is 5.11 Å². The first-order chi connectivity index (χ1) is 10.3. The summed E-state index contributed by atoms with van der Waals surface area (Å²) < 4.78 is 5.75. The quantitative estimate of drug-likeness (QED) is 0.913. The molecule has 1 heterocycles. The maximum absolute atomic E-state index is 10.9. The molecule has 0 bridgehead atoms. The summed E-state index contributed by atoms with van der Waals surface area (Å²) in [6.07, 6.45) is 3.60. The molecule has 0 fully saturated rings. The van der Waals surface area contributed by atoms with Crippen LogP contribution in [0.2, 0.25) is 0 Å². The van der Waals surface area contributed by atoms with Gasteiger partial charge in [-0.25, -0.2) is 0 Å².